The standard InChI is InChI=1S/C17H26N2O7/c1-3-23-17(22)25-10-24-16(21)14-12-5-4-11(26-12)13(14)15(20)19-8-6-18(2)7-9-19/h11-14H,3-10H2,1-2H3. The third-order valence-corrected chi connectivity index (χ3v) is 5.29. The Morgan fingerprint density at radius 2 is 1.62 bits per heavy atom. The molecule has 146 valence electrons. The van der Waals surface area contributed by atoms with Gasteiger partial charge in [0.2, 0.25) is 12.7 Å². The van der Waals surface area contributed by atoms with Crippen molar-refractivity contribution < 1.29 is 33.3 Å². The zero-order chi connectivity index (χ0) is 18.7. The van der Waals surface area contributed by atoms with E-state index in [1.807, 2.05) is 11.9 Å². The molecule has 3 aliphatic rings. The first kappa shape index (κ1) is 18.9. The molecule has 3 fully saturated rings. The number of nitrogens with zero attached hydrogens (tertiary/aromatic N) is 2. The predicted molar refractivity (Wildman–Crippen MR) is 88.0 cm³/mol. The van der Waals surface area contributed by atoms with Gasteiger partial charge in [-0.15, -0.1) is 0 Å². The molecule has 3 aliphatic heterocycles. The molecule has 3 heterocycles. The summed E-state index contributed by atoms with van der Waals surface area (Å²) in [5.74, 6) is -1.77. The highest BCUT2D eigenvalue weighted by Gasteiger charge is 2.57. The monoisotopic (exact) mass is 370 g/mol. The first-order valence-electron chi connectivity index (χ1n) is 9.10. The van der Waals surface area contributed by atoms with E-state index in [0.29, 0.717) is 13.1 Å². The molecular weight excluding hydrogens is 344 g/mol. The topological polar surface area (TPSA) is 94.6 Å². The van der Waals surface area contributed by atoms with Crippen molar-refractivity contribution in [3.05, 3.63) is 0 Å². The highest BCUT2D eigenvalue weighted by molar-refractivity contribution is 5.87. The summed E-state index contributed by atoms with van der Waals surface area (Å²) < 4.78 is 20.2. The lowest BCUT2D eigenvalue weighted by Crippen LogP contribution is -2.52. The van der Waals surface area contributed by atoms with E-state index < -0.39 is 30.8 Å². The number of fused-ring (bicyclic) bond motifs is 2. The summed E-state index contributed by atoms with van der Waals surface area (Å²) in [6.07, 6.45) is 0.0647. The van der Waals surface area contributed by atoms with Gasteiger partial charge in [-0.3, -0.25) is 9.59 Å². The second kappa shape index (κ2) is 8.22. The van der Waals surface area contributed by atoms with Gasteiger partial charge in [0.25, 0.3) is 0 Å². The smallest absolute Gasteiger partial charge is 0.435 e. The van der Waals surface area contributed by atoms with E-state index in [9.17, 15) is 14.4 Å². The largest absolute Gasteiger partial charge is 0.511 e. The van der Waals surface area contributed by atoms with Gasteiger partial charge in [0.1, 0.15) is 0 Å². The lowest BCUT2D eigenvalue weighted by atomic mass is 9.78. The molecule has 4 unspecified atom stereocenters. The minimum Gasteiger partial charge on any atom is -0.435 e. The van der Waals surface area contributed by atoms with Gasteiger partial charge in [0, 0.05) is 26.2 Å². The van der Waals surface area contributed by atoms with Crippen molar-refractivity contribution >= 4 is 18.0 Å². The maximum atomic E-state index is 13.0. The number of esters is 1. The maximum absolute atomic E-state index is 13.0. The Hall–Kier alpha value is -1.87. The van der Waals surface area contributed by atoms with Gasteiger partial charge in [-0.1, -0.05) is 0 Å². The third kappa shape index (κ3) is 3.93. The number of carbonyl (C=O) groups excluding carboxylic acids is 3. The van der Waals surface area contributed by atoms with E-state index in [2.05, 4.69) is 14.4 Å². The van der Waals surface area contributed by atoms with Crippen LogP contribution in [0, 0.1) is 11.8 Å². The molecule has 1 amide bonds. The Bertz CT molecular complexity index is 547. The molecule has 0 spiro atoms. The predicted octanol–water partition coefficient (Wildman–Crippen LogP) is 0.228. The van der Waals surface area contributed by atoms with Crippen molar-refractivity contribution in [3.63, 3.8) is 0 Å². The lowest BCUT2D eigenvalue weighted by molar-refractivity contribution is -0.164. The third-order valence-electron chi connectivity index (χ3n) is 5.29. The van der Waals surface area contributed by atoms with E-state index in [0.717, 1.165) is 25.9 Å². The SMILES string of the molecule is CCOC(=O)OCOC(=O)C1C2CCC(O2)C1C(=O)N1CCN(C)CC1. The zero-order valence-electron chi connectivity index (χ0n) is 15.2. The van der Waals surface area contributed by atoms with E-state index in [-0.39, 0.29) is 24.7 Å². The molecule has 0 aromatic heterocycles. The molecule has 9 heteroatoms. The molecule has 26 heavy (non-hydrogen) atoms. The molecule has 0 saturated carbocycles. The molecule has 0 aromatic carbocycles. The van der Waals surface area contributed by atoms with Crippen LogP contribution in [0.3, 0.4) is 0 Å². The van der Waals surface area contributed by atoms with Crippen molar-refractivity contribution in [3.8, 4) is 0 Å². The van der Waals surface area contributed by atoms with Gasteiger partial charge in [-0.2, -0.15) is 0 Å². The lowest BCUT2D eigenvalue weighted by Gasteiger charge is -2.36. The fourth-order valence-electron chi connectivity index (χ4n) is 3.92. The highest BCUT2D eigenvalue weighted by Crippen LogP contribution is 2.45. The Labute approximate surface area is 152 Å². The van der Waals surface area contributed by atoms with Gasteiger partial charge in [0.05, 0.1) is 30.7 Å². The number of likely N-dealkylation sites (N-methyl/N-ethyl adjacent to an activating group) is 1. The Kier molecular flexibility index (Phi) is 5.98. The molecular formula is C17H26N2O7. The molecule has 0 N–H and O–H groups in total. The van der Waals surface area contributed by atoms with E-state index >= 15 is 0 Å². The van der Waals surface area contributed by atoms with Crippen LogP contribution in [0.1, 0.15) is 19.8 Å². The first-order valence-corrected chi connectivity index (χ1v) is 9.10. The average Bonchev–Trinajstić information content (AvgIpc) is 3.23. The highest BCUT2D eigenvalue weighted by atomic mass is 16.8. The van der Waals surface area contributed by atoms with E-state index in [1.54, 1.807) is 6.92 Å². The van der Waals surface area contributed by atoms with Crippen LogP contribution in [0.2, 0.25) is 0 Å². The molecule has 9 nitrogen and oxygen atoms in total. The van der Waals surface area contributed by atoms with Crippen LogP contribution in [0.5, 0.6) is 0 Å². The summed E-state index contributed by atoms with van der Waals surface area (Å²) in [5.41, 5.74) is 0. The first-order chi connectivity index (χ1) is 12.5. The summed E-state index contributed by atoms with van der Waals surface area (Å²) in [7, 11) is 2.02. The number of piperazine rings is 1. The van der Waals surface area contributed by atoms with Crippen LogP contribution in [0.4, 0.5) is 4.79 Å². The quantitative estimate of drug-likeness (QED) is 0.501. The Morgan fingerprint density at radius 3 is 2.27 bits per heavy atom. The van der Waals surface area contributed by atoms with E-state index in [4.69, 9.17) is 9.47 Å². The maximum Gasteiger partial charge on any atom is 0.511 e. The number of carbonyl (C=O) groups is 3. The van der Waals surface area contributed by atoms with Crippen LogP contribution >= 0.6 is 0 Å². The average molecular weight is 370 g/mol. The summed E-state index contributed by atoms with van der Waals surface area (Å²) in [6, 6.07) is 0. The second-order valence-electron chi connectivity index (χ2n) is 6.88. The van der Waals surface area contributed by atoms with Crippen molar-refractivity contribution in [2.75, 3.05) is 46.6 Å². The van der Waals surface area contributed by atoms with E-state index in [1.165, 1.54) is 0 Å². The van der Waals surface area contributed by atoms with Gasteiger partial charge in [-0.25, -0.2) is 4.79 Å². The fraction of sp³-hybridized carbons (Fsp3) is 0.824. The molecule has 4 atom stereocenters. The number of rotatable bonds is 5. The minimum absolute atomic E-state index is 0.0430. The van der Waals surface area contributed by atoms with Crippen LogP contribution in [-0.2, 0) is 28.5 Å². The Morgan fingerprint density at radius 1 is 0.962 bits per heavy atom. The summed E-state index contributed by atoms with van der Waals surface area (Å²) >= 11 is 0. The van der Waals surface area contributed by atoms with Crippen LogP contribution < -0.4 is 0 Å². The van der Waals surface area contributed by atoms with Gasteiger partial charge in [0.15, 0.2) is 0 Å². The second-order valence-corrected chi connectivity index (χ2v) is 6.88. The molecule has 0 radical (unpaired) electrons. The number of hydrogen-bond acceptors (Lipinski definition) is 8. The van der Waals surface area contributed by atoms with Crippen molar-refractivity contribution in [1.82, 2.24) is 9.80 Å². The summed E-state index contributed by atoms with van der Waals surface area (Å²) in [4.78, 5) is 40.6. The summed E-state index contributed by atoms with van der Waals surface area (Å²) in [6.45, 7) is 4.23. The molecule has 2 bridgehead atoms. The van der Waals surface area contributed by atoms with Crippen molar-refractivity contribution in [2.45, 2.75) is 32.0 Å². The van der Waals surface area contributed by atoms with Crippen molar-refractivity contribution in [1.29, 1.82) is 0 Å². The number of amides is 1. The van der Waals surface area contributed by atoms with Gasteiger partial charge >= 0.3 is 12.1 Å². The van der Waals surface area contributed by atoms with Crippen molar-refractivity contribution in [2.24, 2.45) is 11.8 Å². The van der Waals surface area contributed by atoms with Gasteiger partial charge < -0.3 is 28.7 Å². The van der Waals surface area contributed by atoms with Crippen LogP contribution in [-0.4, -0.2) is 86.7 Å². The molecule has 3 saturated heterocycles. The number of hydrogen-bond donors (Lipinski definition) is 0. The normalized spacial score (nSPS) is 30.9. The zero-order valence-corrected chi connectivity index (χ0v) is 15.2. The minimum atomic E-state index is -0.894. The summed E-state index contributed by atoms with van der Waals surface area (Å²) in [5, 5.41) is 0. The molecule has 3 rings (SSSR count). The van der Waals surface area contributed by atoms with Crippen LogP contribution in [0.15, 0.2) is 0 Å². The fourth-order valence-corrected chi connectivity index (χ4v) is 3.92. The molecule has 0 aromatic rings. The Balaban J connectivity index is 1.58. The number of ether oxygens (including phenoxy) is 4. The molecule has 0 aliphatic carbocycles. The van der Waals surface area contributed by atoms with Gasteiger partial charge in [-0.05, 0) is 26.8 Å². The van der Waals surface area contributed by atoms with Crippen LogP contribution in [0.25, 0.3) is 0 Å².